The summed E-state index contributed by atoms with van der Waals surface area (Å²) in [5.41, 5.74) is 7.17. The zero-order valence-corrected chi connectivity index (χ0v) is 12.1. The van der Waals surface area contributed by atoms with Gasteiger partial charge < -0.3 is 10.5 Å². The maximum Gasteiger partial charge on any atom is 0.138 e. The van der Waals surface area contributed by atoms with E-state index in [9.17, 15) is 0 Å². The number of nitrogens with two attached hydrogens (primary N) is 1. The first-order valence-electron chi connectivity index (χ1n) is 5.89. The first-order valence-corrected chi connectivity index (χ1v) is 6.80. The van der Waals surface area contributed by atoms with Crippen LogP contribution in [-0.4, -0.2) is 16.7 Å². The molecule has 1 aromatic carbocycles. The molecule has 2 rings (SSSR count). The molecular formula is C14H13Cl2N3O. The van der Waals surface area contributed by atoms with Gasteiger partial charge in [-0.25, -0.2) is 4.99 Å². The lowest BCUT2D eigenvalue weighted by molar-refractivity contribution is 0.306. The van der Waals surface area contributed by atoms with E-state index in [1.165, 1.54) is 0 Å². The maximum atomic E-state index is 6.14. The van der Waals surface area contributed by atoms with Gasteiger partial charge in [-0.3, -0.25) is 4.98 Å². The van der Waals surface area contributed by atoms with E-state index in [0.717, 1.165) is 5.56 Å². The summed E-state index contributed by atoms with van der Waals surface area (Å²) in [4.78, 5) is 8.13. The summed E-state index contributed by atoms with van der Waals surface area (Å²) in [6.07, 6.45) is 3.46. The number of aromatic nitrogens is 1. The molecule has 4 nitrogen and oxygen atoms in total. The Kier molecular flexibility index (Phi) is 5.21. The largest absolute Gasteiger partial charge is 0.487 e. The van der Waals surface area contributed by atoms with Crippen molar-refractivity contribution in [3.05, 3.63) is 53.3 Å². The molecule has 20 heavy (non-hydrogen) atoms. The monoisotopic (exact) mass is 309 g/mol. The van der Waals surface area contributed by atoms with E-state index in [2.05, 4.69) is 9.98 Å². The van der Waals surface area contributed by atoms with E-state index in [4.69, 9.17) is 33.7 Å². The van der Waals surface area contributed by atoms with Gasteiger partial charge in [0.2, 0.25) is 0 Å². The number of benzene rings is 1. The maximum absolute atomic E-state index is 6.14. The van der Waals surface area contributed by atoms with Crippen molar-refractivity contribution in [2.24, 2.45) is 10.7 Å². The van der Waals surface area contributed by atoms with Crippen molar-refractivity contribution in [1.82, 2.24) is 4.98 Å². The number of pyridine rings is 1. The smallest absolute Gasteiger partial charge is 0.138 e. The molecule has 0 saturated heterocycles. The van der Waals surface area contributed by atoms with Crippen LogP contribution in [0.1, 0.15) is 5.56 Å². The topological polar surface area (TPSA) is 60.5 Å². The van der Waals surface area contributed by atoms with E-state index >= 15 is 0 Å². The van der Waals surface area contributed by atoms with Gasteiger partial charge in [-0.15, -0.1) is 11.6 Å². The van der Waals surface area contributed by atoms with Gasteiger partial charge in [-0.1, -0.05) is 17.7 Å². The minimum atomic E-state index is 0.177. The van der Waals surface area contributed by atoms with Crippen LogP contribution in [0.3, 0.4) is 0 Å². The van der Waals surface area contributed by atoms with Crippen molar-refractivity contribution < 1.29 is 4.74 Å². The Labute approximate surface area is 127 Å². The van der Waals surface area contributed by atoms with Crippen molar-refractivity contribution in [1.29, 1.82) is 0 Å². The number of nitrogens with zero attached hydrogens (tertiary/aromatic N) is 2. The lowest BCUT2D eigenvalue weighted by atomic mass is 10.3. The zero-order valence-electron chi connectivity index (χ0n) is 10.6. The number of amidine groups is 1. The van der Waals surface area contributed by atoms with Gasteiger partial charge in [0.05, 0.1) is 16.6 Å². The Hall–Kier alpha value is -1.78. The average Bonchev–Trinajstić information content (AvgIpc) is 2.47. The van der Waals surface area contributed by atoms with Crippen LogP contribution < -0.4 is 10.5 Å². The molecule has 2 N–H and O–H groups in total. The normalized spacial score (nSPS) is 11.4. The van der Waals surface area contributed by atoms with E-state index in [-0.39, 0.29) is 5.88 Å². The zero-order chi connectivity index (χ0) is 14.4. The third kappa shape index (κ3) is 4.11. The van der Waals surface area contributed by atoms with Crippen LogP contribution in [0.2, 0.25) is 5.02 Å². The molecule has 0 atom stereocenters. The predicted octanol–water partition coefficient (Wildman–Crippen LogP) is 3.54. The Balaban J connectivity index is 2.06. The summed E-state index contributed by atoms with van der Waals surface area (Å²) < 4.78 is 5.63. The van der Waals surface area contributed by atoms with Crippen LogP contribution in [-0.2, 0) is 6.61 Å². The molecule has 0 fully saturated rings. The number of hydrogen-bond acceptors (Lipinski definition) is 3. The molecule has 104 valence electrons. The standard InChI is InChI=1S/C14H13Cl2N3O/c15-7-14(17)19-11-3-4-13(12(16)6-11)20-9-10-2-1-5-18-8-10/h1-6,8H,7,9H2,(H2,17,19). The van der Waals surface area contributed by atoms with Crippen molar-refractivity contribution in [2.45, 2.75) is 6.61 Å². The van der Waals surface area contributed by atoms with Crippen molar-refractivity contribution >= 4 is 34.7 Å². The molecule has 0 radical (unpaired) electrons. The molecule has 0 aliphatic carbocycles. The van der Waals surface area contributed by atoms with Gasteiger partial charge in [-0.05, 0) is 24.3 Å². The van der Waals surface area contributed by atoms with Crippen molar-refractivity contribution in [3.8, 4) is 5.75 Å². The van der Waals surface area contributed by atoms with E-state index in [1.807, 2.05) is 12.1 Å². The first-order chi connectivity index (χ1) is 9.69. The molecule has 0 amide bonds. The SMILES string of the molecule is NC(CCl)=Nc1ccc(OCc2cccnc2)c(Cl)c1. The van der Waals surface area contributed by atoms with Crippen LogP contribution in [0.5, 0.6) is 5.75 Å². The Morgan fingerprint density at radius 3 is 2.85 bits per heavy atom. The van der Waals surface area contributed by atoms with Crippen LogP contribution in [0.25, 0.3) is 0 Å². The molecular weight excluding hydrogens is 297 g/mol. The average molecular weight is 310 g/mol. The van der Waals surface area contributed by atoms with Crippen LogP contribution in [0.15, 0.2) is 47.7 Å². The van der Waals surface area contributed by atoms with Crippen LogP contribution in [0.4, 0.5) is 5.69 Å². The molecule has 6 heteroatoms. The summed E-state index contributed by atoms with van der Waals surface area (Å²) in [5.74, 6) is 1.10. The second-order valence-electron chi connectivity index (χ2n) is 4.00. The molecule has 0 unspecified atom stereocenters. The quantitative estimate of drug-likeness (QED) is 0.522. The van der Waals surface area contributed by atoms with Gasteiger partial charge in [0.1, 0.15) is 18.2 Å². The first kappa shape index (κ1) is 14.6. The number of alkyl halides is 1. The van der Waals surface area contributed by atoms with Crippen molar-refractivity contribution in [3.63, 3.8) is 0 Å². The molecule has 0 saturated carbocycles. The fourth-order valence-corrected chi connectivity index (χ4v) is 1.81. The van der Waals surface area contributed by atoms with Gasteiger partial charge in [0.15, 0.2) is 0 Å². The number of hydrogen-bond donors (Lipinski definition) is 1. The molecule has 0 aliphatic heterocycles. The van der Waals surface area contributed by atoms with Gasteiger partial charge in [0.25, 0.3) is 0 Å². The fraction of sp³-hybridized carbons (Fsp3) is 0.143. The number of rotatable bonds is 5. The highest BCUT2D eigenvalue weighted by atomic mass is 35.5. The molecule has 0 aliphatic rings. The van der Waals surface area contributed by atoms with Crippen LogP contribution >= 0.6 is 23.2 Å². The fourth-order valence-electron chi connectivity index (χ4n) is 1.52. The second-order valence-corrected chi connectivity index (χ2v) is 4.68. The highest BCUT2D eigenvalue weighted by molar-refractivity contribution is 6.32. The summed E-state index contributed by atoms with van der Waals surface area (Å²) in [7, 11) is 0. The summed E-state index contributed by atoms with van der Waals surface area (Å²) in [6.45, 7) is 0.403. The highest BCUT2D eigenvalue weighted by Gasteiger charge is 2.04. The minimum absolute atomic E-state index is 0.177. The number of aliphatic imine (C=N–C) groups is 1. The summed E-state index contributed by atoms with van der Waals surface area (Å²) in [5, 5.41) is 0.470. The molecule has 0 spiro atoms. The number of ether oxygens (including phenoxy) is 1. The highest BCUT2D eigenvalue weighted by Crippen LogP contribution is 2.29. The Bertz CT molecular complexity index is 603. The van der Waals surface area contributed by atoms with Gasteiger partial charge >= 0.3 is 0 Å². The number of halogens is 2. The second kappa shape index (κ2) is 7.12. The van der Waals surface area contributed by atoms with Gasteiger partial charge in [0, 0.05) is 18.0 Å². The molecule has 1 heterocycles. The molecule has 0 bridgehead atoms. The van der Waals surface area contributed by atoms with E-state index < -0.39 is 0 Å². The third-order valence-electron chi connectivity index (χ3n) is 2.44. The Morgan fingerprint density at radius 1 is 1.35 bits per heavy atom. The molecule has 2 aromatic rings. The van der Waals surface area contributed by atoms with Crippen LogP contribution in [0, 0.1) is 0 Å². The predicted molar refractivity (Wildman–Crippen MR) is 82.0 cm³/mol. The lowest BCUT2D eigenvalue weighted by Crippen LogP contribution is -2.12. The Morgan fingerprint density at radius 2 is 2.20 bits per heavy atom. The summed E-state index contributed by atoms with van der Waals surface area (Å²) >= 11 is 11.7. The summed E-state index contributed by atoms with van der Waals surface area (Å²) in [6, 6.07) is 8.98. The third-order valence-corrected chi connectivity index (χ3v) is 3.01. The van der Waals surface area contributed by atoms with Crippen molar-refractivity contribution in [2.75, 3.05) is 5.88 Å². The van der Waals surface area contributed by atoms with E-state index in [0.29, 0.717) is 28.9 Å². The lowest BCUT2D eigenvalue weighted by Gasteiger charge is -2.08. The van der Waals surface area contributed by atoms with E-state index in [1.54, 1.807) is 30.6 Å². The van der Waals surface area contributed by atoms with Gasteiger partial charge in [-0.2, -0.15) is 0 Å². The molecule has 1 aromatic heterocycles. The minimum Gasteiger partial charge on any atom is -0.487 e.